The molecule has 31 heavy (non-hydrogen) atoms. The van der Waals surface area contributed by atoms with Gasteiger partial charge >= 0.3 is 0 Å². The Morgan fingerprint density at radius 2 is 1.81 bits per heavy atom. The van der Waals surface area contributed by atoms with E-state index in [1.807, 2.05) is 47.8 Å². The number of halogens is 2. The minimum atomic E-state index is -0.681. The molecule has 0 bridgehead atoms. The molecule has 1 amide bonds. The lowest BCUT2D eigenvalue weighted by atomic mass is 10.2. The van der Waals surface area contributed by atoms with E-state index < -0.39 is 11.6 Å². The van der Waals surface area contributed by atoms with Gasteiger partial charge in [-0.05, 0) is 48.0 Å². The van der Waals surface area contributed by atoms with Crippen LogP contribution in [0.5, 0.6) is 5.75 Å². The van der Waals surface area contributed by atoms with Crippen molar-refractivity contribution < 1.29 is 18.3 Å². The van der Waals surface area contributed by atoms with E-state index in [9.17, 15) is 13.6 Å². The number of hydrogen-bond donors (Lipinski definition) is 1. The maximum absolute atomic E-state index is 13.4. The Morgan fingerprint density at radius 1 is 1.13 bits per heavy atom. The van der Waals surface area contributed by atoms with Crippen molar-refractivity contribution in [1.82, 2.24) is 14.9 Å². The summed E-state index contributed by atoms with van der Waals surface area (Å²) in [6, 6.07) is 12.5. The van der Waals surface area contributed by atoms with Crippen LogP contribution in [0.15, 0.2) is 48.5 Å². The van der Waals surface area contributed by atoms with Gasteiger partial charge in [-0.25, -0.2) is 13.8 Å². The van der Waals surface area contributed by atoms with Crippen LogP contribution in [-0.4, -0.2) is 36.7 Å². The normalized spacial score (nSPS) is 11.0. The fourth-order valence-electron chi connectivity index (χ4n) is 3.22. The quantitative estimate of drug-likeness (QED) is 0.482. The number of thiophene rings is 1. The Labute approximate surface area is 181 Å². The van der Waals surface area contributed by atoms with Crippen LogP contribution in [0.2, 0.25) is 0 Å². The van der Waals surface area contributed by atoms with E-state index in [4.69, 9.17) is 4.74 Å². The standard InChI is InChI=1S/C22H20F2N4O2S/c1-27(2)22-26-18-11-19(20(29)25-12-13-8-14(23)10-15(24)9-13)31-21(18)28(22)16-4-6-17(30-3)7-5-16/h4-11H,12H2,1-3H3,(H,25,29). The molecule has 0 unspecified atom stereocenters. The summed E-state index contributed by atoms with van der Waals surface area (Å²) in [5.74, 6) is -0.222. The predicted molar refractivity (Wildman–Crippen MR) is 117 cm³/mol. The molecule has 0 aliphatic rings. The molecule has 4 aromatic rings. The van der Waals surface area contributed by atoms with Crippen LogP contribution in [0.1, 0.15) is 15.2 Å². The van der Waals surface area contributed by atoms with Crippen LogP contribution in [0.25, 0.3) is 16.0 Å². The van der Waals surface area contributed by atoms with Crippen molar-refractivity contribution in [1.29, 1.82) is 0 Å². The zero-order chi connectivity index (χ0) is 22.1. The molecule has 0 aliphatic heterocycles. The molecule has 0 saturated heterocycles. The molecule has 0 fully saturated rings. The maximum atomic E-state index is 13.4. The molecule has 0 atom stereocenters. The first kappa shape index (κ1) is 20.8. The number of nitrogens with zero attached hydrogens (tertiary/aromatic N) is 3. The SMILES string of the molecule is COc1ccc(-n2c(N(C)C)nc3cc(C(=O)NCc4cc(F)cc(F)c4)sc32)cc1. The van der Waals surface area contributed by atoms with Gasteiger partial charge in [-0.15, -0.1) is 11.3 Å². The van der Waals surface area contributed by atoms with E-state index in [-0.39, 0.29) is 12.5 Å². The van der Waals surface area contributed by atoms with Crippen molar-refractivity contribution in [3.8, 4) is 11.4 Å². The highest BCUT2D eigenvalue weighted by atomic mass is 32.1. The Balaban J connectivity index is 1.64. The van der Waals surface area contributed by atoms with E-state index in [0.29, 0.717) is 16.0 Å². The van der Waals surface area contributed by atoms with Crippen molar-refractivity contribution in [3.05, 3.63) is 70.6 Å². The van der Waals surface area contributed by atoms with E-state index in [0.717, 1.165) is 28.3 Å². The lowest BCUT2D eigenvalue weighted by Crippen LogP contribution is -2.22. The number of carbonyl (C=O) groups is 1. The smallest absolute Gasteiger partial charge is 0.261 e. The lowest BCUT2D eigenvalue weighted by molar-refractivity contribution is 0.0955. The summed E-state index contributed by atoms with van der Waals surface area (Å²) in [5, 5.41) is 2.71. The molecular formula is C22H20F2N4O2S. The number of anilines is 1. The summed E-state index contributed by atoms with van der Waals surface area (Å²) in [5.41, 5.74) is 1.92. The average molecular weight is 442 g/mol. The molecule has 1 N–H and O–H groups in total. The third-order valence-corrected chi connectivity index (χ3v) is 5.76. The van der Waals surface area contributed by atoms with Gasteiger partial charge in [0.05, 0.1) is 17.7 Å². The molecule has 6 nitrogen and oxygen atoms in total. The fourth-order valence-corrected chi connectivity index (χ4v) is 4.25. The lowest BCUT2D eigenvalue weighted by Gasteiger charge is -2.15. The van der Waals surface area contributed by atoms with E-state index in [1.165, 1.54) is 23.5 Å². The largest absolute Gasteiger partial charge is 0.497 e. The summed E-state index contributed by atoms with van der Waals surface area (Å²) < 4.78 is 33.9. The number of benzene rings is 2. The second kappa shape index (κ2) is 8.35. The zero-order valence-electron chi connectivity index (χ0n) is 17.1. The summed E-state index contributed by atoms with van der Waals surface area (Å²) in [4.78, 5) is 20.5. The molecule has 160 valence electrons. The van der Waals surface area contributed by atoms with E-state index in [1.54, 1.807) is 13.2 Å². The van der Waals surface area contributed by atoms with Crippen molar-refractivity contribution in [3.63, 3.8) is 0 Å². The van der Waals surface area contributed by atoms with Gasteiger partial charge in [-0.2, -0.15) is 0 Å². The Morgan fingerprint density at radius 3 is 2.42 bits per heavy atom. The molecule has 2 heterocycles. The summed E-state index contributed by atoms with van der Waals surface area (Å²) in [6.45, 7) is 0.0183. The number of imidazole rings is 1. The maximum Gasteiger partial charge on any atom is 0.261 e. The van der Waals surface area contributed by atoms with E-state index in [2.05, 4.69) is 10.3 Å². The van der Waals surface area contributed by atoms with Crippen LogP contribution < -0.4 is 15.0 Å². The van der Waals surface area contributed by atoms with Gasteiger partial charge in [0.1, 0.15) is 27.7 Å². The Bertz CT molecular complexity index is 1230. The van der Waals surface area contributed by atoms with Gasteiger partial charge < -0.3 is 15.0 Å². The molecule has 0 aliphatic carbocycles. The van der Waals surface area contributed by atoms with Crippen LogP contribution in [0, 0.1) is 11.6 Å². The number of rotatable bonds is 6. The second-order valence-corrected chi connectivity index (χ2v) is 8.13. The van der Waals surface area contributed by atoms with Crippen molar-refractivity contribution in [2.75, 3.05) is 26.1 Å². The molecular weight excluding hydrogens is 422 g/mol. The van der Waals surface area contributed by atoms with Gasteiger partial charge in [0, 0.05) is 26.7 Å². The topological polar surface area (TPSA) is 59.4 Å². The van der Waals surface area contributed by atoms with Gasteiger partial charge in [0.15, 0.2) is 0 Å². The summed E-state index contributed by atoms with van der Waals surface area (Å²) in [6.07, 6.45) is 0. The highest BCUT2D eigenvalue weighted by Gasteiger charge is 2.20. The average Bonchev–Trinajstić information content (AvgIpc) is 3.30. The zero-order valence-corrected chi connectivity index (χ0v) is 18.0. The van der Waals surface area contributed by atoms with Gasteiger partial charge in [-0.1, -0.05) is 0 Å². The molecule has 2 aromatic carbocycles. The van der Waals surface area contributed by atoms with Crippen LogP contribution in [-0.2, 0) is 6.54 Å². The van der Waals surface area contributed by atoms with Crippen molar-refractivity contribution in [2.24, 2.45) is 0 Å². The summed E-state index contributed by atoms with van der Waals surface area (Å²) in [7, 11) is 5.41. The Kier molecular flexibility index (Phi) is 5.60. The molecule has 0 saturated carbocycles. The van der Waals surface area contributed by atoms with E-state index >= 15 is 0 Å². The first-order valence-electron chi connectivity index (χ1n) is 9.43. The minimum absolute atomic E-state index is 0.0183. The van der Waals surface area contributed by atoms with Gasteiger partial charge in [0.2, 0.25) is 5.95 Å². The fraction of sp³-hybridized carbons (Fsp3) is 0.182. The van der Waals surface area contributed by atoms with Crippen molar-refractivity contribution >= 4 is 33.5 Å². The van der Waals surface area contributed by atoms with Crippen LogP contribution >= 0.6 is 11.3 Å². The minimum Gasteiger partial charge on any atom is -0.497 e. The first-order chi connectivity index (χ1) is 14.9. The number of carbonyl (C=O) groups excluding carboxylic acids is 1. The molecule has 0 radical (unpaired) electrons. The number of fused-ring (bicyclic) bond motifs is 1. The first-order valence-corrected chi connectivity index (χ1v) is 10.2. The third kappa shape index (κ3) is 4.22. The molecule has 2 aromatic heterocycles. The van der Waals surface area contributed by atoms with Crippen LogP contribution in [0.3, 0.4) is 0 Å². The number of amides is 1. The number of nitrogens with one attached hydrogen (secondary N) is 1. The predicted octanol–water partition coefficient (Wildman–Crippen LogP) is 4.37. The van der Waals surface area contributed by atoms with Crippen molar-refractivity contribution in [2.45, 2.75) is 6.54 Å². The van der Waals surface area contributed by atoms with Gasteiger partial charge in [-0.3, -0.25) is 9.36 Å². The van der Waals surface area contributed by atoms with Crippen LogP contribution in [0.4, 0.5) is 14.7 Å². The number of methoxy groups -OCH3 is 1. The third-order valence-electron chi connectivity index (χ3n) is 4.65. The Hall–Kier alpha value is -3.46. The summed E-state index contributed by atoms with van der Waals surface area (Å²) >= 11 is 1.30. The molecule has 9 heteroatoms. The number of ether oxygens (including phenoxy) is 1. The monoisotopic (exact) mass is 442 g/mol. The van der Waals surface area contributed by atoms with Gasteiger partial charge in [0.25, 0.3) is 5.91 Å². The number of aromatic nitrogens is 2. The number of hydrogen-bond acceptors (Lipinski definition) is 5. The highest BCUT2D eigenvalue weighted by molar-refractivity contribution is 7.20. The molecule has 4 rings (SSSR count). The highest BCUT2D eigenvalue weighted by Crippen LogP contribution is 2.33. The molecule has 0 spiro atoms. The second-order valence-electron chi connectivity index (χ2n) is 7.10.